The van der Waals surface area contributed by atoms with Gasteiger partial charge in [0.15, 0.2) is 0 Å². The molecule has 0 N–H and O–H groups in total. The maximum Gasteiger partial charge on any atom is 0.0781 e. The number of hydrogen-bond donors (Lipinski definition) is 0. The number of aromatic nitrogens is 1. The van der Waals surface area contributed by atoms with Gasteiger partial charge in [-0.05, 0) is 38.2 Å². The summed E-state index contributed by atoms with van der Waals surface area (Å²) in [6.07, 6.45) is 1.80. The minimum absolute atomic E-state index is 0.455. The van der Waals surface area contributed by atoms with Crippen LogP contribution in [0.1, 0.15) is 32.0 Å². The highest BCUT2D eigenvalue weighted by Gasteiger charge is 2.20. The summed E-state index contributed by atoms with van der Waals surface area (Å²) in [5.74, 6) is 1.03. The van der Waals surface area contributed by atoms with Crippen LogP contribution in [0.2, 0.25) is 0 Å². The van der Waals surface area contributed by atoms with Crippen molar-refractivity contribution in [2.75, 3.05) is 5.75 Å². The molecule has 0 saturated heterocycles. The number of nitriles is 1. The van der Waals surface area contributed by atoms with Crippen molar-refractivity contribution in [2.45, 2.75) is 38.0 Å². The predicted octanol–water partition coefficient (Wildman–Crippen LogP) is 3.30. The van der Waals surface area contributed by atoms with E-state index in [1.54, 1.807) is 18.0 Å². The largest absolute Gasteiger partial charge is 0.260 e. The van der Waals surface area contributed by atoms with Crippen LogP contribution in [0.4, 0.5) is 0 Å². The Morgan fingerprint density at radius 3 is 2.73 bits per heavy atom. The first-order valence-corrected chi connectivity index (χ1v) is 6.01. The third-order valence-electron chi connectivity index (χ3n) is 2.34. The van der Waals surface area contributed by atoms with Crippen LogP contribution in [0.5, 0.6) is 0 Å². The average Bonchev–Trinajstić information content (AvgIpc) is 2.21. The molecule has 0 spiro atoms. The van der Waals surface area contributed by atoms with E-state index < -0.39 is 5.41 Å². The molecule has 1 aromatic rings. The van der Waals surface area contributed by atoms with Gasteiger partial charge in [-0.15, -0.1) is 11.8 Å². The summed E-state index contributed by atoms with van der Waals surface area (Å²) in [4.78, 5) is 5.52. The van der Waals surface area contributed by atoms with Gasteiger partial charge in [-0.3, -0.25) is 4.98 Å². The van der Waals surface area contributed by atoms with Crippen molar-refractivity contribution < 1.29 is 0 Å². The Bertz CT molecular complexity index is 391. The number of pyridine rings is 1. The number of hydrogen-bond acceptors (Lipinski definition) is 3. The van der Waals surface area contributed by atoms with E-state index in [1.165, 1.54) is 4.90 Å². The molecule has 0 atom stereocenters. The van der Waals surface area contributed by atoms with Crippen molar-refractivity contribution >= 4 is 11.8 Å². The third kappa shape index (κ3) is 2.73. The summed E-state index contributed by atoms with van der Waals surface area (Å²) in [5.41, 5.74) is 1.58. The summed E-state index contributed by atoms with van der Waals surface area (Å²) < 4.78 is 0. The topological polar surface area (TPSA) is 36.7 Å². The summed E-state index contributed by atoms with van der Waals surface area (Å²) in [7, 11) is 0. The number of thioether (sulfide) groups is 1. The molecule has 1 rings (SSSR count). The van der Waals surface area contributed by atoms with Crippen LogP contribution in [0.15, 0.2) is 17.2 Å². The van der Waals surface area contributed by atoms with Crippen molar-refractivity contribution in [1.29, 1.82) is 5.26 Å². The van der Waals surface area contributed by atoms with Gasteiger partial charge in [0, 0.05) is 11.1 Å². The fourth-order valence-electron chi connectivity index (χ4n) is 1.22. The molecule has 0 aliphatic heterocycles. The van der Waals surface area contributed by atoms with Gasteiger partial charge in [0.25, 0.3) is 0 Å². The Labute approximate surface area is 95.7 Å². The normalized spacial score (nSPS) is 11.1. The lowest BCUT2D eigenvalue weighted by molar-refractivity contribution is 0.678. The SMILES string of the molecule is CCSc1cc(C(C)(C)C#N)cnc1C. The first-order chi connectivity index (χ1) is 7.01. The van der Waals surface area contributed by atoms with Crippen molar-refractivity contribution in [2.24, 2.45) is 0 Å². The first-order valence-electron chi connectivity index (χ1n) is 5.02. The van der Waals surface area contributed by atoms with Gasteiger partial charge in [0.1, 0.15) is 0 Å². The summed E-state index contributed by atoms with van der Waals surface area (Å²) >= 11 is 1.77. The van der Waals surface area contributed by atoms with E-state index in [-0.39, 0.29) is 0 Å². The Kier molecular flexibility index (Phi) is 3.76. The van der Waals surface area contributed by atoms with Crippen LogP contribution < -0.4 is 0 Å². The van der Waals surface area contributed by atoms with Crippen LogP contribution >= 0.6 is 11.8 Å². The molecule has 0 saturated carbocycles. The van der Waals surface area contributed by atoms with Gasteiger partial charge >= 0.3 is 0 Å². The Balaban J connectivity index is 3.14. The zero-order valence-electron chi connectivity index (χ0n) is 9.66. The van der Waals surface area contributed by atoms with Gasteiger partial charge in [0.05, 0.1) is 17.2 Å². The summed E-state index contributed by atoms with van der Waals surface area (Å²) in [6, 6.07) is 4.38. The molecule has 0 fully saturated rings. The summed E-state index contributed by atoms with van der Waals surface area (Å²) in [6.45, 7) is 7.95. The highest BCUT2D eigenvalue weighted by molar-refractivity contribution is 7.99. The number of aryl methyl sites for hydroxylation is 1. The second-order valence-electron chi connectivity index (χ2n) is 3.98. The standard InChI is InChI=1S/C12H16N2S/c1-5-15-11-6-10(7-14-9(11)2)12(3,4)8-13/h6-7H,5H2,1-4H3. The minimum atomic E-state index is -0.455. The second-order valence-corrected chi connectivity index (χ2v) is 5.28. The van der Waals surface area contributed by atoms with Gasteiger partial charge in [-0.25, -0.2) is 0 Å². The lowest BCUT2D eigenvalue weighted by atomic mass is 9.87. The molecule has 15 heavy (non-hydrogen) atoms. The van der Waals surface area contributed by atoms with Crippen molar-refractivity contribution in [1.82, 2.24) is 4.98 Å². The molecule has 0 amide bonds. The minimum Gasteiger partial charge on any atom is -0.260 e. The fourth-order valence-corrected chi connectivity index (χ4v) is 2.00. The molecule has 80 valence electrons. The maximum absolute atomic E-state index is 9.05. The number of nitrogens with zero attached hydrogens (tertiary/aromatic N) is 2. The quantitative estimate of drug-likeness (QED) is 0.733. The van der Waals surface area contributed by atoms with Crippen LogP contribution in [-0.2, 0) is 5.41 Å². The first kappa shape index (κ1) is 12.1. The molecule has 0 unspecified atom stereocenters. The smallest absolute Gasteiger partial charge is 0.0781 e. The Morgan fingerprint density at radius 1 is 1.53 bits per heavy atom. The molecule has 3 heteroatoms. The molecule has 1 heterocycles. The monoisotopic (exact) mass is 220 g/mol. The van der Waals surface area contributed by atoms with E-state index in [2.05, 4.69) is 24.0 Å². The Morgan fingerprint density at radius 2 is 2.20 bits per heavy atom. The van der Waals surface area contributed by atoms with Gasteiger partial charge in [0.2, 0.25) is 0 Å². The Hall–Kier alpha value is -1.01. The predicted molar refractivity (Wildman–Crippen MR) is 64.0 cm³/mol. The molecule has 0 aromatic carbocycles. The average molecular weight is 220 g/mol. The fraction of sp³-hybridized carbons (Fsp3) is 0.500. The van der Waals surface area contributed by atoms with E-state index in [1.807, 2.05) is 20.8 Å². The van der Waals surface area contributed by atoms with E-state index in [9.17, 15) is 0 Å². The molecule has 0 aliphatic carbocycles. The second kappa shape index (κ2) is 4.67. The van der Waals surface area contributed by atoms with Gasteiger partial charge in [-0.1, -0.05) is 6.92 Å². The van der Waals surface area contributed by atoms with E-state index in [0.29, 0.717) is 0 Å². The lowest BCUT2D eigenvalue weighted by Crippen LogP contribution is -2.14. The van der Waals surface area contributed by atoms with Crippen LogP contribution in [-0.4, -0.2) is 10.7 Å². The number of rotatable bonds is 3. The van der Waals surface area contributed by atoms with Crippen molar-refractivity contribution in [3.8, 4) is 6.07 Å². The lowest BCUT2D eigenvalue weighted by Gasteiger charge is -2.16. The third-order valence-corrected chi connectivity index (χ3v) is 3.35. The van der Waals surface area contributed by atoms with E-state index in [4.69, 9.17) is 5.26 Å². The van der Waals surface area contributed by atoms with Crippen molar-refractivity contribution in [3.05, 3.63) is 23.5 Å². The summed E-state index contributed by atoms with van der Waals surface area (Å²) in [5, 5.41) is 9.05. The molecule has 2 nitrogen and oxygen atoms in total. The zero-order chi connectivity index (χ0) is 11.5. The van der Waals surface area contributed by atoms with Crippen LogP contribution in [0.25, 0.3) is 0 Å². The maximum atomic E-state index is 9.05. The molecule has 0 bridgehead atoms. The zero-order valence-corrected chi connectivity index (χ0v) is 10.5. The highest BCUT2D eigenvalue weighted by Crippen LogP contribution is 2.27. The molecular formula is C12H16N2S. The van der Waals surface area contributed by atoms with Crippen LogP contribution in [0.3, 0.4) is 0 Å². The molecule has 0 radical (unpaired) electrons. The molecular weight excluding hydrogens is 204 g/mol. The van der Waals surface area contributed by atoms with Crippen molar-refractivity contribution in [3.63, 3.8) is 0 Å². The van der Waals surface area contributed by atoms with Crippen LogP contribution in [0, 0.1) is 18.3 Å². The van der Waals surface area contributed by atoms with Gasteiger partial charge < -0.3 is 0 Å². The van der Waals surface area contributed by atoms with E-state index >= 15 is 0 Å². The highest BCUT2D eigenvalue weighted by atomic mass is 32.2. The molecule has 1 aromatic heterocycles. The van der Waals surface area contributed by atoms with E-state index in [0.717, 1.165) is 17.0 Å². The molecule has 0 aliphatic rings. The van der Waals surface area contributed by atoms with Gasteiger partial charge in [-0.2, -0.15) is 5.26 Å².